The summed E-state index contributed by atoms with van der Waals surface area (Å²) < 4.78 is 12.1. The summed E-state index contributed by atoms with van der Waals surface area (Å²) in [5, 5.41) is 5.47. The van der Waals surface area contributed by atoms with Crippen molar-refractivity contribution in [2.24, 2.45) is 28.7 Å². The average molecular weight is 878 g/mol. The SMILES string of the molecule is COC(=O)NC(C(=O)N1C[C@@H](C)CC1c1ncc(-c2ccc(-c3cc4sc(-c5ccc6c(c5)CC([C@@H]5C[C@H](C)CN5C(=O)[C@@H](NC(=O)OC)C(C)C)=N6)cc4s3)cc2)[nH]1)C(C)C. The minimum atomic E-state index is -0.693. The van der Waals surface area contributed by atoms with E-state index in [4.69, 9.17) is 19.5 Å². The van der Waals surface area contributed by atoms with Crippen molar-refractivity contribution in [1.29, 1.82) is 0 Å². The molecule has 0 saturated carbocycles. The number of aromatic amines is 1. The lowest BCUT2D eigenvalue weighted by molar-refractivity contribution is -0.136. The molecule has 0 aliphatic carbocycles. The van der Waals surface area contributed by atoms with Gasteiger partial charge in [0.2, 0.25) is 11.8 Å². The molecule has 15 heteroatoms. The molecule has 4 amide bonds. The van der Waals surface area contributed by atoms with E-state index in [2.05, 4.69) is 84.1 Å². The number of rotatable bonds is 11. The highest BCUT2D eigenvalue weighted by molar-refractivity contribution is 7.31. The van der Waals surface area contributed by atoms with E-state index >= 15 is 0 Å². The predicted octanol–water partition coefficient (Wildman–Crippen LogP) is 9.22. The zero-order valence-corrected chi connectivity index (χ0v) is 38.1. The number of methoxy groups -OCH3 is 2. The van der Waals surface area contributed by atoms with Crippen LogP contribution in [0.15, 0.2) is 65.8 Å². The summed E-state index contributed by atoms with van der Waals surface area (Å²) in [5.74, 6) is 0.924. The molecule has 2 aromatic carbocycles. The number of hydrogen-bond acceptors (Lipinski definition) is 10. The molecule has 8 rings (SSSR count). The fourth-order valence-electron chi connectivity index (χ4n) is 9.07. The zero-order chi connectivity index (χ0) is 44.0. The molecule has 2 unspecified atom stereocenters. The molecular formula is C47H55N7O6S2. The molecule has 6 atom stereocenters. The number of aromatic nitrogens is 2. The van der Waals surface area contributed by atoms with Crippen LogP contribution in [0.5, 0.6) is 0 Å². The van der Waals surface area contributed by atoms with Crippen LogP contribution in [0.25, 0.3) is 41.5 Å². The number of imidazole rings is 1. The number of alkyl carbamates (subject to hydrolysis) is 2. The third-order valence-corrected chi connectivity index (χ3v) is 14.7. The van der Waals surface area contributed by atoms with Gasteiger partial charge in [-0.1, -0.05) is 71.9 Å². The molecule has 62 heavy (non-hydrogen) atoms. The van der Waals surface area contributed by atoms with E-state index in [1.807, 2.05) is 43.7 Å². The maximum absolute atomic E-state index is 13.8. The van der Waals surface area contributed by atoms with Gasteiger partial charge < -0.3 is 34.9 Å². The molecule has 2 fully saturated rings. The normalized spacial score (nSPS) is 20.7. The second-order valence-electron chi connectivity index (χ2n) is 17.7. The summed E-state index contributed by atoms with van der Waals surface area (Å²) in [7, 11) is 2.61. The second kappa shape index (κ2) is 17.7. The Bertz CT molecular complexity index is 2490. The van der Waals surface area contributed by atoms with Crippen LogP contribution in [0.2, 0.25) is 0 Å². The van der Waals surface area contributed by atoms with Gasteiger partial charge in [-0.15, -0.1) is 22.7 Å². The predicted molar refractivity (Wildman–Crippen MR) is 245 cm³/mol. The first-order valence-corrected chi connectivity index (χ1v) is 23.0. The number of aliphatic imine (C=N–C) groups is 1. The van der Waals surface area contributed by atoms with E-state index in [9.17, 15) is 19.2 Å². The Hall–Kier alpha value is -5.54. The number of hydrogen-bond donors (Lipinski definition) is 3. The highest BCUT2D eigenvalue weighted by Crippen LogP contribution is 2.44. The summed E-state index contributed by atoms with van der Waals surface area (Å²) in [4.78, 5) is 71.1. The van der Waals surface area contributed by atoms with Crippen LogP contribution in [0.3, 0.4) is 0 Å². The Kier molecular flexibility index (Phi) is 12.3. The van der Waals surface area contributed by atoms with Crippen LogP contribution >= 0.6 is 22.7 Å². The molecule has 3 N–H and O–H groups in total. The van der Waals surface area contributed by atoms with Gasteiger partial charge in [-0.2, -0.15) is 0 Å². The third-order valence-electron chi connectivity index (χ3n) is 12.4. The van der Waals surface area contributed by atoms with Crippen LogP contribution in [-0.4, -0.2) is 94.9 Å². The molecule has 3 aliphatic heterocycles. The first kappa shape index (κ1) is 43.1. The first-order chi connectivity index (χ1) is 29.7. The number of benzene rings is 2. The standard InChI is InChI=1S/C47H55N7O6S2/c1-24(2)41(51-46(57)59-7)44(55)53-22-26(5)15-35(53)33-18-31-17-30(13-14-32(31)49-33)38-20-40-39(62-38)19-37(61-40)29-11-9-28(10-12-29)34-21-48-43(50-34)36-16-27(6)23-54(36)45(56)42(25(3)4)52-47(58)60-8/h9-14,17,19-21,24-27,35-36,41-42H,15-16,18,22-23H2,1-8H3,(H,48,50)(H,51,57)(H,52,58)/t26-,27-,35-,36?,41-,42?/m0/s1. The van der Waals surface area contributed by atoms with Gasteiger partial charge >= 0.3 is 12.2 Å². The van der Waals surface area contributed by atoms with E-state index in [1.165, 1.54) is 33.4 Å². The van der Waals surface area contributed by atoms with E-state index in [-0.39, 0.29) is 41.7 Å². The molecule has 0 radical (unpaired) electrons. The lowest BCUT2D eigenvalue weighted by Crippen LogP contribution is -2.53. The highest BCUT2D eigenvalue weighted by atomic mass is 32.1. The number of nitrogens with zero attached hydrogens (tertiary/aromatic N) is 4. The largest absolute Gasteiger partial charge is 0.453 e. The Morgan fingerprint density at radius 1 is 0.726 bits per heavy atom. The minimum Gasteiger partial charge on any atom is -0.453 e. The van der Waals surface area contributed by atoms with Crippen LogP contribution in [0.4, 0.5) is 15.3 Å². The molecule has 2 saturated heterocycles. The van der Waals surface area contributed by atoms with Gasteiger partial charge in [0, 0.05) is 44.4 Å². The molecule has 13 nitrogen and oxygen atoms in total. The van der Waals surface area contributed by atoms with Crippen LogP contribution < -0.4 is 10.6 Å². The lowest BCUT2D eigenvalue weighted by Gasteiger charge is -2.31. The Morgan fingerprint density at radius 3 is 1.81 bits per heavy atom. The lowest BCUT2D eigenvalue weighted by atomic mass is 9.98. The van der Waals surface area contributed by atoms with Gasteiger partial charge in [-0.3, -0.25) is 14.6 Å². The van der Waals surface area contributed by atoms with Crippen molar-refractivity contribution in [2.45, 2.75) is 85.0 Å². The Morgan fingerprint density at radius 2 is 1.24 bits per heavy atom. The number of likely N-dealkylation sites (tertiary alicyclic amines) is 2. The van der Waals surface area contributed by atoms with Crippen LogP contribution in [0, 0.1) is 23.7 Å². The van der Waals surface area contributed by atoms with E-state index in [0.717, 1.165) is 58.0 Å². The van der Waals surface area contributed by atoms with Crippen molar-refractivity contribution in [3.63, 3.8) is 0 Å². The number of nitrogens with one attached hydrogen (secondary N) is 3. The maximum Gasteiger partial charge on any atom is 0.407 e. The Balaban J connectivity index is 0.931. The van der Waals surface area contributed by atoms with E-state index in [1.54, 1.807) is 22.7 Å². The summed E-state index contributed by atoms with van der Waals surface area (Å²) in [6.07, 6.45) is 2.91. The number of thiophene rings is 2. The van der Waals surface area contributed by atoms with Gasteiger partial charge in [0.15, 0.2) is 0 Å². The molecule has 0 bridgehead atoms. The molecule has 0 spiro atoms. The van der Waals surface area contributed by atoms with Gasteiger partial charge in [0.25, 0.3) is 0 Å². The van der Waals surface area contributed by atoms with Crippen molar-refractivity contribution >= 4 is 67.5 Å². The van der Waals surface area contributed by atoms with Crippen molar-refractivity contribution in [2.75, 3.05) is 27.3 Å². The van der Waals surface area contributed by atoms with E-state index < -0.39 is 24.3 Å². The Labute approximate surface area is 370 Å². The summed E-state index contributed by atoms with van der Waals surface area (Å²) in [6.45, 7) is 13.2. The summed E-state index contributed by atoms with van der Waals surface area (Å²) in [5.41, 5.74) is 7.30. The smallest absolute Gasteiger partial charge is 0.407 e. The van der Waals surface area contributed by atoms with Crippen LogP contribution in [-0.2, 0) is 25.5 Å². The number of carbonyl (C=O) groups excluding carboxylic acids is 4. The maximum atomic E-state index is 13.8. The molecular weight excluding hydrogens is 823 g/mol. The second-order valence-corrected chi connectivity index (χ2v) is 19.9. The average Bonchev–Trinajstić information content (AvgIpc) is 4.11. The number of ether oxygens (including phenoxy) is 2. The van der Waals surface area contributed by atoms with Crippen molar-refractivity contribution in [1.82, 2.24) is 30.4 Å². The molecule has 6 heterocycles. The number of H-pyrrole nitrogens is 1. The van der Waals surface area contributed by atoms with Gasteiger partial charge in [0.05, 0.1) is 43.9 Å². The topological polar surface area (TPSA) is 158 Å². The highest BCUT2D eigenvalue weighted by Gasteiger charge is 2.42. The monoisotopic (exact) mass is 877 g/mol. The van der Waals surface area contributed by atoms with Crippen molar-refractivity contribution < 1.29 is 28.7 Å². The number of amides is 4. The fourth-order valence-corrected chi connectivity index (χ4v) is 11.5. The van der Waals surface area contributed by atoms with Gasteiger partial charge in [0.1, 0.15) is 17.9 Å². The third kappa shape index (κ3) is 8.61. The summed E-state index contributed by atoms with van der Waals surface area (Å²) in [6, 6.07) is 17.8. The van der Waals surface area contributed by atoms with Gasteiger partial charge in [-0.05, 0) is 83.0 Å². The molecule has 5 aromatic rings. The number of carbonyl (C=O) groups is 4. The summed E-state index contributed by atoms with van der Waals surface area (Å²) >= 11 is 3.57. The van der Waals surface area contributed by atoms with E-state index in [0.29, 0.717) is 25.4 Å². The molecule has 3 aliphatic rings. The molecule has 326 valence electrons. The van der Waals surface area contributed by atoms with Crippen LogP contribution in [0.1, 0.15) is 71.8 Å². The van der Waals surface area contributed by atoms with Crippen molar-refractivity contribution in [3.8, 4) is 32.1 Å². The molecule has 3 aromatic heterocycles. The van der Waals surface area contributed by atoms with Crippen molar-refractivity contribution in [3.05, 3.63) is 72.2 Å². The minimum absolute atomic E-state index is 0.0913. The first-order valence-electron chi connectivity index (χ1n) is 21.4. The number of fused-ring (bicyclic) bond motifs is 2. The fraction of sp³-hybridized carbons (Fsp3) is 0.447. The quantitative estimate of drug-likeness (QED) is 0.119. The zero-order valence-electron chi connectivity index (χ0n) is 36.5. The van der Waals surface area contributed by atoms with Gasteiger partial charge in [-0.25, -0.2) is 14.6 Å².